The second-order valence-corrected chi connectivity index (χ2v) is 14.6. The molecule has 5 aliphatic heterocycles. The maximum Gasteiger partial charge on any atom is 0.217 e. The summed E-state index contributed by atoms with van der Waals surface area (Å²) in [4.78, 5) is 24.0. The van der Waals surface area contributed by atoms with E-state index >= 15 is 0 Å². The van der Waals surface area contributed by atoms with Gasteiger partial charge in [-0.2, -0.15) is 0 Å². The van der Waals surface area contributed by atoms with Crippen molar-refractivity contribution in [2.45, 2.75) is 155 Å². The maximum atomic E-state index is 12.2. The molecule has 0 saturated carbocycles. The number of ether oxygens (including phenoxy) is 9. The van der Waals surface area contributed by atoms with Crippen LogP contribution in [0.3, 0.4) is 0 Å². The molecule has 26 nitrogen and oxygen atoms in total. The molecule has 23 atom stereocenters. The van der Waals surface area contributed by atoms with Crippen molar-refractivity contribution >= 4 is 11.8 Å². The largest absolute Gasteiger partial charge is 0.394 e. The third-order valence-electron chi connectivity index (χ3n) is 10.3. The smallest absolute Gasteiger partial charge is 0.217 e. The van der Waals surface area contributed by atoms with Gasteiger partial charge in [-0.05, 0) is 0 Å². The van der Waals surface area contributed by atoms with Crippen LogP contribution in [0.15, 0.2) is 0 Å². The molecule has 0 unspecified atom stereocenters. The molecular formula is C32H54N2O24. The Bertz CT molecular complexity index is 1340. The minimum absolute atomic E-state index is 0.522. The molecule has 0 aliphatic carbocycles. The predicted octanol–water partition coefficient (Wildman–Crippen LogP) is -10.4. The molecule has 5 aliphatic rings. The molecule has 0 spiro atoms. The second-order valence-electron chi connectivity index (χ2n) is 14.6. The van der Waals surface area contributed by atoms with Crippen molar-refractivity contribution in [3.05, 3.63) is 0 Å². The van der Waals surface area contributed by atoms with Gasteiger partial charge in [-0.15, -0.1) is 0 Å². The van der Waals surface area contributed by atoms with E-state index in [4.69, 9.17) is 42.6 Å². The highest BCUT2D eigenvalue weighted by molar-refractivity contribution is 5.73. The van der Waals surface area contributed by atoms with Crippen molar-refractivity contribution in [1.82, 2.24) is 10.6 Å². The number of hydrogen-bond donors (Lipinski definition) is 15. The molecule has 0 radical (unpaired) electrons. The van der Waals surface area contributed by atoms with Crippen LogP contribution in [0.1, 0.15) is 13.8 Å². The van der Waals surface area contributed by atoms with E-state index in [9.17, 15) is 76.0 Å². The van der Waals surface area contributed by atoms with Crippen molar-refractivity contribution in [2.75, 3.05) is 33.0 Å². The maximum absolute atomic E-state index is 12.2. The van der Waals surface area contributed by atoms with Gasteiger partial charge in [0.2, 0.25) is 11.8 Å². The van der Waals surface area contributed by atoms with E-state index in [0.717, 1.165) is 13.8 Å². The molecule has 5 rings (SSSR count). The zero-order chi connectivity index (χ0) is 42.7. The van der Waals surface area contributed by atoms with Crippen LogP contribution in [0, 0.1) is 0 Å². The highest BCUT2D eigenvalue weighted by Crippen LogP contribution is 2.32. The van der Waals surface area contributed by atoms with Crippen molar-refractivity contribution in [3.8, 4) is 0 Å². The van der Waals surface area contributed by atoms with Gasteiger partial charge < -0.3 is 120 Å². The standard InChI is InChI=1S/C32H54N2O24/c1-8(37)33-15-22(45)18(41)11(3-35)53-29(15)56-14-6-50-28(49)26(21(14)44)57-30-16(34-9(2)38)23(46)20(43)13(55-30)7-52-32-27(17(40)10(39)5-51-32)58-31-25(48)24(47)19(42)12(4-36)54-31/h10-32,35-36,39-49H,3-7H2,1-2H3,(H,33,37)(H,34,38)/t10-,11-,12-,13-,14-,15-,16-,17+,18+,19-,20-,21+,22-,23-,24+,25-,26-,27-,28-,29+,30+,31+,32+/m1/s1. The Balaban J connectivity index is 1.30. The van der Waals surface area contributed by atoms with E-state index in [0.29, 0.717) is 0 Å². The van der Waals surface area contributed by atoms with Gasteiger partial charge in [-0.25, -0.2) is 0 Å². The molecule has 0 bridgehead atoms. The summed E-state index contributed by atoms with van der Waals surface area (Å²) in [6.45, 7) is -1.19. The van der Waals surface area contributed by atoms with Gasteiger partial charge in [-0.3, -0.25) is 9.59 Å². The fourth-order valence-corrected chi connectivity index (χ4v) is 7.10. The third kappa shape index (κ3) is 10.4. The van der Waals surface area contributed by atoms with Gasteiger partial charge in [0.25, 0.3) is 0 Å². The third-order valence-corrected chi connectivity index (χ3v) is 10.3. The molecule has 0 aromatic carbocycles. The molecule has 26 heteroatoms. The van der Waals surface area contributed by atoms with Gasteiger partial charge in [-0.1, -0.05) is 0 Å². The van der Waals surface area contributed by atoms with E-state index < -0.39 is 186 Å². The quantitative estimate of drug-likeness (QED) is 0.0818. The van der Waals surface area contributed by atoms with Crippen molar-refractivity contribution in [2.24, 2.45) is 0 Å². The Hall–Kier alpha value is -1.94. The zero-order valence-corrected chi connectivity index (χ0v) is 31.1. The lowest BCUT2D eigenvalue weighted by atomic mass is 9.96. The first-order chi connectivity index (χ1) is 27.4. The number of hydrogen-bond acceptors (Lipinski definition) is 24. The number of rotatable bonds is 13. The summed E-state index contributed by atoms with van der Waals surface area (Å²) in [5, 5.41) is 141. The van der Waals surface area contributed by atoms with Crippen LogP contribution in [0.4, 0.5) is 0 Å². The molecule has 5 saturated heterocycles. The lowest BCUT2D eigenvalue weighted by Gasteiger charge is -2.47. The molecule has 0 aromatic rings. The van der Waals surface area contributed by atoms with E-state index in [-0.39, 0.29) is 0 Å². The SMILES string of the molecule is CC(=O)N[C@H]1[C@H](O[C@@H]2CO[C@@H](O)[C@H](O[C@@H]3O[C@H](CO[C@@H]4OC[C@@H](O)[C@H](O)[C@H]4O[C@@H]4O[C@H](CO)[C@@H](O)[C@H](O)[C@H]4O)[C@@H](O)[C@H](O)[C@H]3NC(C)=O)[C@H]2O)O[C@H](CO)[C@H](O)[C@@H]1O. The number of aliphatic hydroxyl groups excluding tert-OH is 13. The van der Waals surface area contributed by atoms with E-state index in [1.54, 1.807) is 0 Å². The molecule has 5 fully saturated rings. The van der Waals surface area contributed by atoms with Crippen molar-refractivity contribution in [1.29, 1.82) is 0 Å². The average Bonchev–Trinajstić information content (AvgIpc) is 3.18. The number of carbonyl (C=O) groups is 2. The molecule has 58 heavy (non-hydrogen) atoms. The van der Waals surface area contributed by atoms with Gasteiger partial charge in [0.15, 0.2) is 31.5 Å². The summed E-state index contributed by atoms with van der Waals surface area (Å²) in [6, 6.07) is -3.00. The van der Waals surface area contributed by atoms with E-state index in [1.165, 1.54) is 0 Å². The normalized spacial score (nSPS) is 48.9. The summed E-state index contributed by atoms with van der Waals surface area (Å²) in [5.41, 5.74) is 0. The van der Waals surface area contributed by atoms with E-state index in [1.807, 2.05) is 0 Å². The highest BCUT2D eigenvalue weighted by Gasteiger charge is 2.53. The first-order valence-electron chi connectivity index (χ1n) is 18.4. The number of carbonyl (C=O) groups excluding carboxylic acids is 2. The summed E-state index contributed by atoms with van der Waals surface area (Å²) >= 11 is 0. The van der Waals surface area contributed by atoms with Gasteiger partial charge in [0, 0.05) is 13.8 Å². The zero-order valence-electron chi connectivity index (χ0n) is 31.1. The lowest BCUT2D eigenvalue weighted by molar-refractivity contribution is -0.367. The van der Waals surface area contributed by atoms with E-state index in [2.05, 4.69) is 10.6 Å². The predicted molar refractivity (Wildman–Crippen MR) is 178 cm³/mol. The summed E-state index contributed by atoms with van der Waals surface area (Å²) in [7, 11) is 0. The van der Waals surface area contributed by atoms with Crippen LogP contribution in [0.2, 0.25) is 0 Å². The average molecular weight is 851 g/mol. The van der Waals surface area contributed by atoms with Gasteiger partial charge in [0.1, 0.15) is 110 Å². The first kappa shape index (κ1) is 47.1. The Morgan fingerprint density at radius 3 is 1.60 bits per heavy atom. The molecule has 5 heterocycles. The lowest BCUT2D eigenvalue weighted by Crippen LogP contribution is -2.68. The van der Waals surface area contributed by atoms with Crippen LogP contribution in [-0.4, -0.2) is 252 Å². The number of aliphatic hydroxyl groups is 13. The van der Waals surface area contributed by atoms with Crippen molar-refractivity contribution in [3.63, 3.8) is 0 Å². The molecule has 2 amide bonds. The first-order valence-corrected chi connectivity index (χ1v) is 18.4. The molecule has 15 N–H and O–H groups in total. The second kappa shape index (κ2) is 20.3. The topological polar surface area (TPSA) is 404 Å². The highest BCUT2D eigenvalue weighted by atomic mass is 16.8. The summed E-state index contributed by atoms with van der Waals surface area (Å²) < 4.78 is 50.5. The minimum Gasteiger partial charge on any atom is -0.394 e. The van der Waals surface area contributed by atoms with Crippen molar-refractivity contribution < 1.29 is 119 Å². The Morgan fingerprint density at radius 2 is 1.03 bits per heavy atom. The van der Waals surface area contributed by atoms with Crippen LogP contribution in [-0.2, 0) is 52.2 Å². The fourth-order valence-electron chi connectivity index (χ4n) is 7.10. The monoisotopic (exact) mass is 850 g/mol. The minimum atomic E-state index is -1.92. The van der Waals surface area contributed by atoms with Gasteiger partial charge in [0.05, 0.1) is 33.0 Å². The Kier molecular flexibility index (Phi) is 16.5. The number of nitrogens with one attached hydrogen (secondary N) is 2. The summed E-state index contributed by atoms with van der Waals surface area (Å²) in [5.74, 6) is -1.40. The van der Waals surface area contributed by atoms with Crippen LogP contribution in [0.25, 0.3) is 0 Å². The molecular weight excluding hydrogens is 796 g/mol. The number of amides is 2. The molecule has 0 aromatic heterocycles. The van der Waals surface area contributed by atoms with Gasteiger partial charge >= 0.3 is 0 Å². The fraction of sp³-hybridized carbons (Fsp3) is 0.938. The molecule has 336 valence electrons. The van der Waals surface area contributed by atoms with Crippen LogP contribution in [0.5, 0.6) is 0 Å². The summed E-state index contributed by atoms with van der Waals surface area (Å²) in [6.07, 6.45) is -36.0. The van der Waals surface area contributed by atoms with Crippen LogP contribution < -0.4 is 10.6 Å². The Labute approximate surface area is 329 Å². The van der Waals surface area contributed by atoms with Crippen LogP contribution >= 0.6 is 0 Å². The Morgan fingerprint density at radius 1 is 0.534 bits per heavy atom.